The van der Waals surface area contributed by atoms with Crippen LogP contribution in [0.5, 0.6) is 0 Å². The lowest BCUT2D eigenvalue weighted by atomic mass is 9.84. The molecule has 0 bridgehead atoms. The number of carbonyl (C=O) groups is 2. The Hall–Kier alpha value is -1.10. The lowest BCUT2D eigenvalue weighted by Crippen LogP contribution is -2.46. The van der Waals surface area contributed by atoms with E-state index >= 15 is 0 Å². The lowest BCUT2D eigenvalue weighted by Gasteiger charge is -2.26. The average molecular weight is 254 g/mol. The molecule has 3 unspecified atom stereocenters. The van der Waals surface area contributed by atoms with Crippen molar-refractivity contribution in [1.82, 2.24) is 10.2 Å². The van der Waals surface area contributed by atoms with E-state index < -0.39 is 11.4 Å². The SMILES string of the molecule is CCC1(C(=O)O)CCN(C(=O)C2NCCC2C)C1. The summed E-state index contributed by atoms with van der Waals surface area (Å²) in [5, 5.41) is 12.5. The van der Waals surface area contributed by atoms with Gasteiger partial charge in [0.25, 0.3) is 0 Å². The summed E-state index contributed by atoms with van der Waals surface area (Å²) < 4.78 is 0. The molecule has 0 radical (unpaired) electrons. The fraction of sp³-hybridized carbons (Fsp3) is 0.846. The minimum Gasteiger partial charge on any atom is -0.481 e. The van der Waals surface area contributed by atoms with E-state index in [9.17, 15) is 14.7 Å². The summed E-state index contributed by atoms with van der Waals surface area (Å²) in [4.78, 5) is 25.4. The van der Waals surface area contributed by atoms with Gasteiger partial charge in [-0.25, -0.2) is 0 Å². The Morgan fingerprint density at radius 3 is 2.67 bits per heavy atom. The number of carboxylic acids is 1. The number of carbonyl (C=O) groups excluding carboxylic acids is 1. The van der Waals surface area contributed by atoms with Crippen molar-refractivity contribution in [1.29, 1.82) is 0 Å². The molecular weight excluding hydrogens is 232 g/mol. The molecule has 2 heterocycles. The molecule has 2 fully saturated rings. The molecule has 5 nitrogen and oxygen atoms in total. The maximum Gasteiger partial charge on any atom is 0.311 e. The molecule has 0 spiro atoms. The number of nitrogens with one attached hydrogen (secondary N) is 1. The van der Waals surface area contributed by atoms with E-state index in [0.29, 0.717) is 31.8 Å². The molecule has 2 aliphatic rings. The van der Waals surface area contributed by atoms with Crippen LogP contribution in [0.3, 0.4) is 0 Å². The van der Waals surface area contributed by atoms with E-state index in [-0.39, 0.29) is 11.9 Å². The van der Waals surface area contributed by atoms with Crippen molar-refractivity contribution < 1.29 is 14.7 Å². The molecule has 3 atom stereocenters. The van der Waals surface area contributed by atoms with Crippen LogP contribution in [0.2, 0.25) is 0 Å². The van der Waals surface area contributed by atoms with Gasteiger partial charge in [-0.05, 0) is 31.7 Å². The first kappa shape index (κ1) is 13.3. The molecule has 2 aliphatic heterocycles. The summed E-state index contributed by atoms with van der Waals surface area (Å²) in [6, 6.07) is -0.119. The Kier molecular flexibility index (Phi) is 3.61. The minimum atomic E-state index is -0.771. The first-order valence-electron chi connectivity index (χ1n) is 6.76. The number of carboxylic acid groups (broad SMARTS) is 1. The summed E-state index contributed by atoms with van der Waals surface area (Å²) >= 11 is 0. The van der Waals surface area contributed by atoms with Crippen LogP contribution in [-0.2, 0) is 9.59 Å². The van der Waals surface area contributed by atoms with Gasteiger partial charge in [-0.3, -0.25) is 9.59 Å². The van der Waals surface area contributed by atoms with Gasteiger partial charge >= 0.3 is 5.97 Å². The van der Waals surface area contributed by atoms with Crippen molar-refractivity contribution in [3.05, 3.63) is 0 Å². The topological polar surface area (TPSA) is 69.6 Å². The summed E-state index contributed by atoms with van der Waals surface area (Å²) in [5.41, 5.74) is -0.725. The highest BCUT2D eigenvalue weighted by molar-refractivity contribution is 5.84. The fourth-order valence-corrected chi connectivity index (χ4v) is 3.04. The second kappa shape index (κ2) is 4.88. The fourth-order valence-electron chi connectivity index (χ4n) is 3.04. The highest BCUT2D eigenvalue weighted by Crippen LogP contribution is 2.35. The number of nitrogens with zero attached hydrogens (tertiary/aromatic N) is 1. The third kappa shape index (κ3) is 2.11. The molecule has 0 aromatic rings. The normalized spacial score (nSPS) is 36.0. The van der Waals surface area contributed by atoms with Crippen LogP contribution in [0.1, 0.15) is 33.1 Å². The van der Waals surface area contributed by atoms with Crippen molar-refractivity contribution in [3.8, 4) is 0 Å². The van der Waals surface area contributed by atoms with Crippen LogP contribution in [0.25, 0.3) is 0 Å². The molecule has 1 amide bonds. The average Bonchev–Trinajstić information content (AvgIpc) is 2.95. The van der Waals surface area contributed by atoms with Crippen LogP contribution >= 0.6 is 0 Å². The van der Waals surface area contributed by atoms with Gasteiger partial charge in [0.1, 0.15) is 0 Å². The summed E-state index contributed by atoms with van der Waals surface area (Å²) in [6.07, 6.45) is 2.17. The molecule has 2 saturated heterocycles. The Bertz CT molecular complexity index is 358. The van der Waals surface area contributed by atoms with E-state index in [4.69, 9.17) is 0 Å². The molecule has 102 valence electrons. The maximum absolute atomic E-state index is 12.4. The van der Waals surface area contributed by atoms with Gasteiger partial charge < -0.3 is 15.3 Å². The molecule has 2 N–H and O–H groups in total. The number of aliphatic carboxylic acids is 1. The molecule has 0 aromatic heterocycles. The Balaban J connectivity index is 2.04. The molecule has 18 heavy (non-hydrogen) atoms. The highest BCUT2D eigenvalue weighted by Gasteiger charge is 2.46. The molecule has 0 saturated carbocycles. The van der Waals surface area contributed by atoms with Crippen LogP contribution in [-0.4, -0.2) is 47.6 Å². The van der Waals surface area contributed by atoms with Gasteiger partial charge in [0.05, 0.1) is 11.5 Å². The molecule has 0 aromatic carbocycles. The predicted octanol–water partition coefficient (Wildman–Crippen LogP) is 0.698. The number of hydrogen-bond donors (Lipinski definition) is 2. The van der Waals surface area contributed by atoms with Gasteiger partial charge in [-0.1, -0.05) is 13.8 Å². The number of likely N-dealkylation sites (tertiary alicyclic amines) is 1. The Morgan fingerprint density at radius 2 is 2.22 bits per heavy atom. The zero-order valence-electron chi connectivity index (χ0n) is 11.1. The summed E-state index contributed by atoms with van der Waals surface area (Å²) in [5.74, 6) is -0.344. The molecule has 5 heteroatoms. The van der Waals surface area contributed by atoms with Crippen LogP contribution in [0.15, 0.2) is 0 Å². The molecular formula is C13H22N2O3. The second-order valence-electron chi connectivity index (χ2n) is 5.65. The third-order valence-electron chi connectivity index (χ3n) is 4.59. The minimum absolute atomic E-state index is 0.0802. The van der Waals surface area contributed by atoms with Crippen molar-refractivity contribution in [3.63, 3.8) is 0 Å². The van der Waals surface area contributed by atoms with Crippen molar-refractivity contribution in [2.24, 2.45) is 11.3 Å². The largest absolute Gasteiger partial charge is 0.481 e. The van der Waals surface area contributed by atoms with E-state index in [1.807, 2.05) is 6.92 Å². The highest BCUT2D eigenvalue weighted by atomic mass is 16.4. The van der Waals surface area contributed by atoms with E-state index in [1.165, 1.54) is 0 Å². The summed E-state index contributed by atoms with van der Waals surface area (Å²) in [6.45, 7) is 5.77. The quantitative estimate of drug-likeness (QED) is 0.778. The van der Waals surface area contributed by atoms with Crippen molar-refractivity contribution in [2.45, 2.75) is 39.2 Å². The smallest absolute Gasteiger partial charge is 0.311 e. The van der Waals surface area contributed by atoms with Gasteiger partial charge in [-0.15, -0.1) is 0 Å². The predicted molar refractivity (Wildman–Crippen MR) is 67.1 cm³/mol. The van der Waals surface area contributed by atoms with Crippen LogP contribution in [0.4, 0.5) is 0 Å². The zero-order valence-corrected chi connectivity index (χ0v) is 11.1. The van der Waals surface area contributed by atoms with Gasteiger partial charge in [-0.2, -0.15) is 0 Å². The zero-order chi connectivity index (χ0) is 13.3. The van der Waals surface area contributed by atoms with E-state index in [2.05, 4.69) is 12.2 Å². The van der Waals surface area contributed by atoms with Gasteiger partial charge in [0, 0.05) is 13.1 Å². The van der Waals surface area contributed by atoms with Crippen molar-refractivity contribution >= 4 is 11.9 Å². The number of amides is 1. The monoisotopic (exact) mass is 254 g/mol. The molecule has 0 aliphatic carbocycles. The second-order valence-corrected chi connectivity index (χ2v) is 5.65. The summed E-state index contributed by atoms with van der Waals surface area (Å²) in [7, 11) is 0. The first-order chi connectivity index (χ1) is 8.50. The van der Waals surface area contributed by atoms with E-state index in [1.54, 1.807) is 4.90 Å². The first-order valence-corrected chi connectivity index (χ1v) is 6.76. The Labute approximate surface area is 108 Å². The lowest BCUT2D eigenvalue weighted by molar-refractivity contribution is -0.148. The van der Waals surface area contributed by atoms with E-state index in [0.717, 1.165) is 13.0 Å². The van der Waals surface area contributed by atoms with Crippen LogP contribution in [0, 0.1) is 11.3 Å². The number of hydrogen-bond acceptors (Lipinski definition) is 3. The van der Waals surface area contributed by atoms with Crippen LogP contribution < -0.4 is 5.32 Å². The van der Waals surface area contributed by atoms with Gasteiger partial charge in [0.15, 0.2) is 0 Å². The molecule has 2 rings (SSSR count). The third-order valence-corrected chi connectivity index (χ3v) is 4.59. The van der Waals surface area contributed by atoms with Gasteiger partial charge in [0.2, 0.25) is 5.91 Å². The standard InChI is InChI=1S/C13H22N2O3/c1-3-13(12(17)18)5-7-15(8-13)11(16)10-9(2)4-6-14-10/h9-10,14H,3-8H2,1-2H3,(H,17,18). The maximum atomic E-state index is 12.4. The van der Waals surface area contributed by atoms with Crippen molar-refractivity contribution in [2.75, 3.05) is 19.6 Å². The Morgan fingerprint density at radius 1 is 1.50 bits per heavy atom. The number of rotatable bonds is 3.